The van der Waals surface area contributed by atoms with Crippen LogP contribution < -0.4 is 5.32 Å². The van der Waals surface area contributed by atoms with Gasteiger partial charge in [-0.1, -0.05) is 11.6 Å². The van der Waals surface area contributed by atoms with Crippen molar-refractivity contribution in [1.82, 2.24) is 19.9 Å². The summed E-state index contributed by atoms with van der Waals surface area (Å²) in [5.41, 5.74) is 0. The van der Waals surface area contributed by atoms with Crippen LogP contribution in [0.1, 0.15) is 5.82 Å². The molecule has 2 heterocycles. The minimum atomic E-state index is 0.534. The van der Waals surface area contributed by atoms with E-state index in [0.29, 0.717) is 11.0 Å². The second kappa shape index (κ2) is 4.75. The molecule has 2 rings (SSSR count). The molecule has 0 bridgehead atoms. The Hall–Kier alpha value is -1.62. The molecule has 0 aliphatic rings. The Kier molecular flexibility index (Phi) is 3.14. The van der Waals surface area contributed by atoms with E-state index < -0.39 is 0 Å². The molecule has 0 aliphatic heterocycles. The van der Waals surface area contributed by atoms with Gasteiger partial charge in [0.1, 0.15) is 5.82 Å². The Morgan fingerprint density at radius 2 is 2.07 bits per heavy atom. The highest BCUT2D eigenvalue weighted by Crippen LogP contribution is 2.05. The summed E-state index contributed by atoms with van der Waals surface area (Å²) in [5.74, 6) is 1.52. The molecule has 0 radical (unpaired) electrons. The van der Waals surface area contributed by atoms with E-state index in [0.717, 1.165) is 18.8 Å². The van der Waals surface area contributed by atoms with Crippen molar-refractivity contribution >= 4 is 17.5 Å². The molecule has 2 N–H and O–H groups in total. The molecule has 0 saturated heterocycles. The smallest absolute Gasteiger partial charge is 0.222 e. The van der Waals surface area contributed by atoms with Gasteiger partial charge >= 0.3 is 0 Å². The molecule has 0 fully saturated rings. The number of hydrogen-bond donors (Lipinski definition) is 2. The van der Waals surface area contributed by atoms with Gasteiger partial charge in [-0.05, 0) is 0 Å². The van der Waals surface area contributed by atoms with Crippen LogP contribution in [0.4, 0.5) is 5.95 Å². The lowest BCUT2D eigenvalue weighted by atomic mass is 10.4. The fourth-order valence-electron chi connectivity index (χ4n) is 1.13. The summed E-state index contributed by atoms with van der Waals surface area (Å²) in [6, 6.07) is 0. The number of hydrogen-bond acceptors (Lipinski definition) is 4. The van der Waals surface area contributed by atoms with Gasteiger partial charge in [-0.25, -0.2) is 15.0 Å². The van der Waals surface area contributed by atoms with E-state index in [2.05, 4.69) is 25.3 Å². The largest absolute Gasteiger partial charge is 0.354 e. The molecular weight excluding hydrogens is 214 g/mol. The van der Waals surface area contributed by atoms with Crippen LogP contribution in [0, 0.1) is 0 Å². The maximum atomic E-state index is 5.66. The molecule has 0 atom stereocenters. The summed E-state index contributed by atoms with van der Waals surface area (Å²) < 4.78 is 0. The lowest BCUT2D eigenvalue weighted by molar-refractivity contribution is 0.912. The number of aromatic nitrogens is 4. The van der Waals surface area contributed by atoms with Crippen molar-refractivity contribution in [3.63, 3.8) is 0 Å². The molecule has 5 nitrogen and oxygen atoms in total. The van der Waals surface area contributed by atoms with Gasteiger partial charge in [0, 0.05) is 25.4 Å². The predicted octanol–water partition coefficient (Wildman–Crippen LogP) is 1.51. The molecule has 78 valence electrons. The van der Waals surface area contributed by atoms with Crippen LogP contribution in [0.15, 0.2) is 24.8 Å². The van der Waals surface area contributed by atoms with Gasteiger partial charge in [-0.2, -0.15) is 0 Å². The van der Waals surface area contributed by atoms with Crippen molar-refractivity contribution in [3.05, 3.63) is 35.6 Å². The molecule has 0 spiro atoms. The van der Waals surface area contributed by atoms with Crippen LogP contribution in [-0.4, -0.2) is 26.5 Å². The molecule has 2 aromatic rings. The zero-order valence-electron chi connectivity index (χ0n) is 7.94. The number of anilines is 1. The fourth-order valence-corrected chi connectivity index (χ4v) is 1.23. The highest BCUT2D eigenvalue weighted by molar-refractivity contribution is 6.30. The molecule has 0 aliphatic carbocycles. The molecule has 15 heavy (non-hydrogen) atoms. The van der Waals surface area contributed by atoms with Gasteiger partial charge in [0.25, 0.3) is 0 Å². The summed E-state index contributed by atoms with van der Waals surface area (Å²) in [6.07, 6.45) is 7.45. The fraction of sp³-hybridized carbons (Fsp3) is 0.222. The minimum Gasteiger partial charge on any atom is -0.354 e. The van der Waals surface area contributed by atoms with Gasteiger partial charge < -0.3 is 10.3 Å². The average molecular weight is 224 g/mol. The van der Waals surface area contributed by atoms with Crippen molar-refractivity contribution in [3.8, 4) is 0 Å². The Morgan fingerprint density at radius 1 is 1.27 bits per heavy atom. The summed E-state index contributed by atoms with van der Waals surface area (Å²) in [6.45, 7) is 0.731. The minimum absolute atomic E-state index is 0.534. The molecular formula is C9H10ClN5. The topological polar surface area (TPSA) is 66.5 Å². The lowest BCUT2D eigenvalue weighted by Gasteiger charge is -2.02. The number of nitrogens with one attached hydrogen (secondary N) is 2. The second-order valence-corrected chi connectivity index (χ2v) is 3.37. The third-order valence-electron chi connectivity index (χ3n) is 1.82. The molecule has 0 amide bonds. The van der Waals surface area contributed by atoms with E-state index in [1.807, 2.05) is 0 Å². The first-order valence-corrected chi connectivity index (χ1v) is 4.92. The van der Waals surface area contributed by atoms with Gasteiger partial charge in [-0.3, -0.25) is 0 Å². The zero-order chi connectivity index (χ0) is 10.5. The third kappa shape index (κ3) is 2.92. The Labute approximate surface area is 91.9 Å². The van der Waals surface area contributed by atoms with Crippen molar-refractivity contribution in [2.45, 2.75) is 6.42 Å². The summed E-state index contributed by atoms with van der Waals surface area (Å²) in [5, 5.41) is 3.60. The normalized spacial score (nSPS) is 10.2. The van der Waals surface area contributed by atoms with Gasteiger partial charge in [0.2, 0.25) is 5.95 Å². The SMILES string of the molecule is Clc1cnc(NCCc2ncc[nH]2)nc1. The standard InChI is InChI=1S/C9H10ClN5/c10-7-5-14-9(15-6-7)13-2-1-8-11-3-4-12-8/h3-6H,1-2H2,(H,11,12)(H,13,14,15). The van der Waals surface area contributed by atoms with Gasteiger partial charge in [0.05, 0.1) is 17.4 Å². The first-order chi connectivity index (χ1) is 7.34. The van der Waals surface area contributed by atoms with E-state index in [1.165, 1.54) is 0 Å². The molecule has 0 saturated carbocycles. The van der Waals surface area contributed by atoms with Crippen LogP contribution in [0.25, 0.3) is 0 Å². The summed E-state index contributed by atoms with van der Waals surface area (Å²) in [7, 11) is 0. The van der Waals surface area contributed by atoms with Crippen molar-refractivity contribution in [2.24, 2.45) is 0 Å². The average Bonchev–Trinajstić information content (AvgIpc) is 2.74. The number of imidazole rings is 1. The zero-order valence-corrected chi connectivity index (χ0v) is 8.70. The first-order valence-electron chi connectivity index (χ1n) is 4.54. The highest BCUT2D eigenvalue weighted by atomic mass is 35.5. The molecule has 6 heteroatoms. The van der Waals surface area contributed by atoms with E-state index in [4.69, 9.17) is 11.6 Å². The maximum absolute atomic E-state index is 5.66. The molecule has 0 unspecified atom stereocenters. The highest BCUT2D eigenvalue weighted by Gasteiger charge is 1.97. The van der Waals surface area contributed by atoms with E-state index in [1.54, 1.807) is 24.8 Å². The summed E-state index contributed by atoms with van der Waals surface area (Å²) >= 11 is 5.66. The van der Waals surface area contributed by atoms with E-state index in [9.17, 15) is 0 Å². The van der Waals surface area contributed by atoms with Crippen LogP contribution in [0.5, 0.6) is 0 Å². The van der Waals surface area contributed by atoms with Crippen LogP contribution in [-0.2, 0) is 6.42 Å². The van der Waals surface area contributed by atoms with Crippen LogP contribution in [0.2, 0.25) is 5.02 Å². The number of aromatic amines is 1. The Balaban J connectivity index is 1.81. The quantitative estimate of drug-likeness (QED) is 0.825. The summed E-state index contributed by atoms with van der Waals surface area (Å²) in [4.78, 5) is 15.1. The number of nitrogens with zero attached hydrogens (tertiary/aromatic N) is 3. The molecule has 2 aromatic heterocycles. The molecule has 0 aromatic carbocycles. The predicted molar refractivity (Wildman–Crippen MR) is 57.8 cm³/mol. The number of halogens is 1. The lowest BCUT2D eigenvalue weighted by Crippen LogP contribution is -2.08. The third-order valence-corrected chi connectivity index (χ3v) is 2.02. The number of rotatable bonds is 4. The van der Waals surface area contributed by atoms with Crippen molar-refractivity contribution in [1.29, 1.82) is 0 Å². The number of H-pyrrole nitrogens is 1. The monoisotopic (exact) mass is 223 g/mol. The van der Waals surface area contributed by atoms with Gasteiger partial charge in [-0.15, -0.1) is 0 Å². The van der Waals surface area contributed by atoms with E-state index in [-0.39, 0.29) is 0 Å². The second-order valence-electron chi connectivity index (χ2n) is 2.94. The maximum Gasteiger partial charge on any atom is 0.222 e. The van der Waals surface area contributed by atoms with Crippen molar-refractivity contribution < 1.29 is 0 Å². The van der Waals surface area contributed by atoms with Crippen molar-refractivity contribution in [2.75, 3.05) is 11.9 Å². The van der Waals surface area contributed by atoms with Crippen LogP contribution in [0.3, 0.4) is 0 Å². The Morgan fingerprint density at radius 3 is 2.73 bits per heavy atom. The Bertz CT molecular complexity index is 397. The first kappa shape index (κ1) is 9.92. The van der Waals surface area contributed by atoms with Crippen LogP contribution >= 0.6 is 11.6 Å². The van der Waals surface area contributed by atoms with Gasteiger partial charge in [0.15, 0.2) is 0 Å². The van der Waals surface area contributed by atoms with E-state index >= 15 is 0 Å².